The Morgan fingerprint density at radius 1 is 0.879 bits per heavy atom. The van der Waals surface area contributed by atoms with Gasteiger partial charge in [-0.25, -0.2) is 0 Å². The molecular weight excluding hydrogens is 477 g/mol. The second kappa shape index (κ2) is 8.52. The van der Waals surface area contributed by atoms with E-state index < -0.39 is 0 Å². The molecule has 4 aliphatic carbocycles. The van der Waals surface area contributed by atoms with Crippen molar-refractivity contribution in [2.45, 2.75) is 71.1 Å². The molecule has 4 bridgehead atoms. The van der Waals surface area contributed by atoms with Crippen LogP contribution in [0.1, 0.15) is 63.5 Å². The van der Waals surface area contributed by atoms with E-state index in [0.717, 1.165) is 23.6 Å². The summed E-state index contributed by atoms with van der Waals surface area (Å²) in [6.07, 6.45) is 7.98. The van der Waals surface area contributed by atoms with Crippen LogP contribution in [0.4, 0.5) is 0 Å². The van der Waals surface area contributed by atoms with E-state index in [1.165, 1.54) is 38.5 Å². The van der Waals surface area contributed by atoms with Gasteiger partial charge in [0.2, 0.25) is 0 Å². The van der Waals surface area contributed by atoms with Crippen LogP contribution in [0.5, 0.6) is 11.5 Å². The second-order valence-electron chi connectivity index (χ2n) is 11.4. The molecule has 0 radical (unpaired) electrons. The molecule has 4 saturated carbocycles. The number of hydrogen-bond donors (Lipinski definition) is 1. The number of ether oxygens (including phenoxy) is 2. The molecule has 0 saturated heterocycles. The van der Waals surface area contributed by atoms with Crippen molar-refractivity contribution in [1.29, 1.82) is 0 Å². The number of methoxy groups -OCH3 is 1. The lowest BCUT2D eigenvalue weighted by atomic mass is 9.43. The number of rotatable bonds is 7. The van der Waals surface area contributed by atoms with Crippen LogP contribution >= 0.6 is 34.8 Å². The van der Waals surface area contributed by atoms with Crippen molar-refractivity contribution in [3.63, 3.8) is 0 Å². The predicted molar refractivity (Wildman–Crippen MR) is 136 cm³/mol. The molecule has 2 atom stereocenters. The van der Waals surface area contributed by atoms with E-state index in [1.807, 2.05) is 18.2 Å². The summed E-state index contributed by atoms with van der Waals surface area (Å²) in [6.45, 7) is 6.04. The first-order valence-corrected chi connectivity index (χ1v) is 12.9. The van der Waals surface area contributed by atoms with Gasteiger partial charge in [0.25, 0.3) is 0 Å². The van der Waals surface area contributed by atoms with Crippen LogP contribution in [0.2, 0.25) is 15.1 Å². The Morgan fingerprint density at radius 3 is 2.21 bits per heavy atom. The SMILES string of the molecule is COc1cc(CNC23CC4CC(C)(CC(C)(C4)C2)C3)c(Cl)cc1OCc1ccc(Cl)cc1Cl. The quantitative estimate of drug-likeness (QED) is 0.410. The van der Waals surface area contributed by atoms with Crippen LogP contribution in [0.3, 0.4) is 0 Å². The molecule has 0 amide bonds. The summed E-state index contributed by atoms with van der Waals surface area (Å²) in [4.78, 5) is 0. The fourth-order valence-corrected chi connectivity index (χ4v) is 8.39. The zero-order chi connectivity index (χ0) is 23.4. The lowest BCUT2D eigenvalue weighted by Crippen LogP contribution is -2.63. The molecule has 2 aromatic rings. The molecule has 6 heteroatoms. The molecule has 0 spiro atoms. The van der Waals surface area contributed by atoms with Gasteiger partial charge in [0.1, 0.15) is 6.61 Å². The second-order valence-corrected chi connectivity index (χ2v) is 12.6. The van der Waals surface area contributed by atoms with Crippen molar-refractivity contribution >= 4 is 34.8 Å². The van der Waals surface area contributed by atoms with Crippen LogP contribution in [-0.4, -0.2) is 12.6 Å². The maximum atomic E-state index is 6.71. The molecule has 4 fully saturated rings. The summed E-state index contributed by atoms with van der Waals surface area (Å²) in [5, 5.41) is 5.82. The van der Waals surface area contributed by atoms with Crippen molar-refractivity contribution in [1.82, 2.24) is 5.32 Å². The molecule has 4 aliphatic rings. The fraction of sp³-hybridized carbons (Fsp3) is 0.556. The maximum Gasteiger partial charge on any atom is 0.163 e. The number of halogens is 3. The Labute approximate surface area is 212 Å². The smallest absolute Gasteiger partial charge is 0.163 e. The lowest BCUT2D eigenvalue weighted by molar-refractivity contribution is -0.118. The zero-order valence-electron chi connectivity index (χ0n) is 19.6. The largest absolute Gasteiger partial charge is 0.493 e. The van der Waals surface area contributed by atoms with E-state index in [2.05, 4.69) is 19.2 Å². The molecular formula is C27H32Cl3NO2. The Bertz CT molecular complexity index is 1050. The normalized spacial score (nSPS) is 32.2. The van der Waals surface area contributed by atoms with Crippen LogP contribution in [0.25, 0.3) is 0 Å². The molecule has 6 rings (SSSR count). The summed E-state index contributed by atoms with van der Waals surface area (Å²) in [5.41, 5.74) is 3.07. The molecule has 33 heavy (non-hydrogen) atoms. The van der Waals surface area contributed by atoms with E-state index in [9.17, 15) is 0 Å². The summed E-state index contributed by atoms with van der Waals surface area (Å²) in [5.74, 6) is 2.13. The third kappa shape index (κ3) is 4.72. The molecule has 0 aromatic heterocycles. The zero-order valence-corrected chi connectivity index (χ0v) is 21.8. The van der Waals surface area contributed by atoms with E-state index in [0.29, 0.717) is 44.0 Å². The van der Waals surface area contributed by atoms with Gasteiger partial charge in [-0.2, -0.15) is 0 Å². The van der Waals surface area contributed by atoms with Crippen LogP contribution in [-0.2, 0) is 13.2 Å². The molecule has 178 valence electrons. The lowest BCUT2D eigenvalue weighted by Gasteiger charge is -2.65. The van der Waals surface area contributed by atoms with Gasteiger partial charge in [0, 0.05) is 38.8 Å². The Balaban J connectivity index is 1.31. The standard InChI is InChI=1S/C27H32Cl3NO2/c1-25-9-17-10-26(2,14-25)16-27(11-17,15-25)31-12-19-6-23(32-3)24(8-22(19)30)33-13-18-4-5-20(28)7-21(18)29/h4-8,17,31H,9-16H2,1-3H3. The molecule has 2 unspecified atom stereocenters. The summed E-state index contributed by atoms with van der Waals surface area (Å²) < 4.78 is 11.7. The predicted octanol–water partition coefficient (Wildman–Crippen LogP) is 8.07. The number of hydrogen-bond acceptors (Lipinski definition) is 3. The van der Waals surface area contributed by atoms with E-state index in [1.54, 1.807) is 19.2 Å². The third-order valence-electron chi connectivity index (χ3n) is 8.01. The van der Waals surface area contributed by atoms with Gasteiger partial charge < -0.3 is 14.8 Å². The minimum Gasteiger partial charge on any atom is -0.493 e. The van der Waals surface area contributed by atoms with Gasteiger partial charge in [0.15, 0.2) is 11.5 Å². The van der Waals surface area contributed by atoms with Crippen molar-refractivity contribution in [2.75, 3.05) is 7.11 Å². The topological polar surface area (TPSA) is 30.5 Å². The third-order valence-corrected chi connectivity index (χ3v) is 8.95. The Hall–Kier alpha value is -1.13. The van der Waals surface area contributed by atoms with Gasteiger partial charge >= 0.3 is 0 Å². The fourth-order valence-electron chi connectivity index (χ4n) is 7.71. The van der Waals surface area contributed by atoms with Gasteiger partial charge in [-0.05, 0) is 79.0 Å². The monoisotopic (exact) mass is 507 g/mol. The van der Waals surface area contributed by atoms with E-state index in [4.69, 9.17) is 44.3 Å². The first-order valence-electron chi connectivity index (χ1n) is 11.8. The van der Waals surface area contributed by atoms with Crippen molar-refractivity contribution < 1.29 is 9.47 Å². The number of benzene rings is 2. The summed E-state index contributed by atoms with van der Waals surface area (Å²) in [6, 6.07) is 9.23. The average molecular weight is 509 g/mol. The summed E-state index contributed by atoms with van der Waals surface area (Å²) in [7, 11) is 1.66. The molecule has 1 N–H and O–H groups in total. The maximum absolute atomic E-state index is 6.71. The Kier molecular flexibility index (Phi) is 6.09. The van der Waals surface area contributed by atoms with Gasteiger partial charge in [-0.1, -0.05) is 54.7 Å². The van der Waals surface area contributed by atoms with Crippen LogP contribution in [0, 0.1) is 16.7 Å². The van der Waals surface area contributed by atoms with Crippen molar-refractivity contribution in [2.24, 2.45) is 16.7 Å². The highest BCUT2D eigenvalue weighted by Gasteiger charge is 2.59. The Morgan fingerprint density at radius 2 is 1.58 bits per heavy atom. The van der Waals surface area contributed by atoms with E-state index >= 15 is 0 Å². The minimum absolute atomic E-state index is 0.222. The highest BCUT2D eigenvalue weighted by Crippen LogP contribution is 2.66. The van der Waals surface area contributed by atoms with Crippen molar-refractivity contribution in [3.05, 3.63) is 56.5 Å². The van der Waals surface area contributed by atoms with Gasteiger partial charge in [-0.3, -0.25) is 0 Å². The average Bonchev–Trinajstić information content (AvgIpc) is 2.69. The molecule has 0 aliphatic heterocycles. The number of nitrogens with one attached hydrogen (secondary N) is 1. The summed E-state index contributed by atoms with van der Waals surface area (Å²) >= 11 is 19.0. The highest BCUT2D eigenvalue weighted by molar-refractivity contribution is 6.35. The molecule has 2 aromatic carbocycles. The van der Waals surface area contributed by atoms with Gasteiger partial charge in [-0.15, -0.1) is 0 Å². The van der Waals surface area contributed by atoms with Gasteiger partial charge in [0.05, 0.1) is 7.11 Å². The van der Waals surface area contributed by atoms with Crippen molar-refractivity contribution in [3.8, 4) is 11.5 Å². The first-order chi connectivity index (χ1) is 15.6. The first kappa shape index (κ1) is 23.6. The van der Waals surface area contributed by atoms with E-state index in [-0.39, 0.29) is 5.54 Å². The minimum atomic E-state index is 0.222. The highest BCUT2D eigenvalue weighted by atomic mass is 35.5. The molecule has 3 nitrogen and oxygen atoms in total. The molecule has 0 heterocycles. The van der Waals surface area contributed by atoms with Crippen LogP contribution < -0.4 is 14.8 Å². The van der Waals surface area contributed by atoms with Crippen LogP contribution in [0.15, 0.2) is 30.3 Å².